The molecule has 0 aliphatic heterocycles. The lowest BCUT2D eigenvalue weighted by molar-refractivity contribution is -0.126. The van der Waals surface area contributed by atoms with E-state index in [1.807, 2.05) is 0 Å². The lowest BCUT2D eigenvalue weighted by Crippen LogP contribution is -2.34. The molecular formula is C20H28NO+. The number of fused-ring (bicyclic) bond motifs is 2. The number of nitrogens with zero attached hydrogens (tertiary/aromatic N) is 1. The Morgan fingerprint density at radius 2 is 1.77 bits per heavy atom. The normalized spacial score (nSPS) is 30.4. The first-order valence-electron chi connectivity index (χ1n) is 8.31. The predicted molar refractivity (Wildman–Crippen MR) is 93.6 cm³/mol. The Morgan fingerprint density at radius 3 is 2.23 bits per heavy atom. The second-order valence-corrected chi connectivity index (χ2v) is 8.49. The maximum atomic E-state index is 12.5. The highest BCUT2D eigenvalue weighted by Crippen LogP contribution is 2.64. The summed E-state index contributed by atoms with van der Waals surface area (Å²) in [4.78, 5) is 12.5. The molecule has 118 valence electrons. The number of carbonyl (C=O) groups is 1. The molecule has 2 nitrogen and oxygen atoms in total. The van der Waals surface area contributed by atoms with Crippen LogP contribution < -0.4 is 4.48 Å². The summed E-state index contributed by atoms with van der Waals surface area (Å²) < 4.78 is 0.821. The van der Waals surface area contributed by atoms with Crippen molar-refractivity contribution < 1.29 is 4.79 Å². The monoisotopic (exact) mass is 298 g/mol. The van der Waals surface area contributed by atoms with Crippen molar-refractivity contribution in [3.05, 3.63) is 35.9 Å². The van der Waals surface area contributed by atoms with Crippen molar-refractivity contribution in [2.75, 3.05) is 21.1 Å². The van der Waals surface area contributed by atoms with E-state index in [-0.39, 0.29) is 10.8 Å². The molecule has 2 aliphatic carbocycles. The maximum absolute atomic E-state index is 12.5. The van der Waals surface area contributed by atoms with Crippen LogP contribution in [-0.2, 0) is 4.79 Å². The number of quaternary nitrogens is 1. The van der Waals surface area contributed by atoms with E-state index in [1.165, 1.54) is 17.7 Å². The molecule has 3 rings (SSSR count). The first-order chi connectivity index (χ1) is 10.2. The fourth-order valence-corrected chi connectivity index (χ4v) is 4.37. The molecule has 0 aromatic heterocycles. The standard InChI is InChI=1S/C20H28NO/c1-19(2)16-11-13-20(19,18(22)14-16)12-10-15-6-8-17(9-7-15)21(3,4)5/h6-10,12,16H,11,13-14H2,1-5H3/q+1. The van der Waals surface area contributed by atoms with Gasteiger partial charge in [-0.25, -0.2) is 0 Å². The van der Waals surface area contributed by atoms with E-state index in [0.29, 0.717) is 11.7 Å². The quantitative estimate of drug-likeness (QED) is 0.761. The molecule has 0 heterocycles. The Labute approximate surface area is 134 Å². The van der Waals surface area contributed by atoms with Crippen LogP contribution in [0.3, 0.4) is 0 Å². The van der Waals surface area contributed by atoms with E-state index in [9.17, 15) is 4.79 Å². The largest absolute Gasteiger partial charge is 0.299 e. The van der Waals surface area contributed by atoms with Crippen LogP contribution in [0, 0.1) is 16.7 Å². The van der Waals surface area contributed by atoms with Crippen molar-refractivity contribution in [1.82, 2.24) is 4.48 Å². The van der Waals surface area contributed by atoms with Gasteiger partial charge in [0.25, 0.3) is 0 Å². The van der Waals surface area contributed by atoms with Gasteiger partial charge in [-0.3, -0.25) is 9.28 Å². The smallest absolute Gasteiger partial charge is 0.143 e. The average Bonchev–Trinajstić information content (AvgIpc) is 2.79. The Balaban J connectivity index is 1.87. The number of rotatable bonds is 3. The molecule has 2 bridgehead atoms. The summed E-state index contributed by atoms with van der Waals surface area (Å²) >= 11 is 0. The molecule has 2 heteroatoms. The zero-order chi connectivity index (χ0) is 16.2. The third-order valence-electron chi connectivity index (χ3n) is 6.21. The molecule has 1 aromatic carbocycles. The minimum atomic E-state index is -0.226. The van der Waals surface area contributed by atoms with Crippen molar-refractivity contribution in [2.24, 2.45) is 16.7 Å². The summed E-state index contributed by atoms with van der Waals surface area (Å²) in [5, 5.41) is 0. The molecule has 2 unspecified atom stereocenters. The van der Waals surface area contributed by atoms with E-state index in [2.05, 4.69) is 71.4 Å². The fourth-order valence-electron chi connectivity index (χ4n) is 4.37. The van der Waals surface area contributed by atoms with Crippen LogP contribution >= 0.6 is 0 Å². The molecule has 2 fully saturated rings. The number of Topliss-reactive ketones (excluding diaryl/α,β-unsaturated/α-hetero) is 1. The molecule has 0 N–H and O–H groups in total. The van der Waals surface area contributed by atoms with Gasteiger partial charge >= 0.3 is 0 Å². The molecule has 2 aliphatic rings. The van der Waals surface area contributed by atoms with E-state index >= 15 is 0 Å². The second-order valence-electron chi connectivity index (χ2n) is 8.49. The SMILES string of the molecule is CC1(C)C2CCC1(C=Cc1ccc([N+](C)(C)C)cc1)C(=O)C2. The van der Waals surface area contributed by atoms with Crippen molar-refractivity contribution in [2.45, 2.75) is 33.1 Å². The van der Waals surface area contributed by atoms with Crippen LogP contribution in [0.15, 0.2) is 30.3 Å². The minimum absolute atomic E-state index is 0.114. The molecule has 22 heavy (non-hydrogen) atoms. The fraction of sp³-hybridized carbons (Fsp3) is 0.550. The Morgan fingerprint density at radius 1 is 1.14 bits per heavy atom. The highest BCUT2D eigenvalue weighted by Gasteiger charge is 2.62. The molecule has 0 radical (unpaired) electrons. The summed E-state index contributed by atoms with van der Waals surface area (Å²) in [5.74, 6) is 1.03. The summed E-state index contributed by atoms with van der Waals surface area (Å²) in [7, 11) is 6.51. The summed E-state index contributed by atoms with van der Waals surface area (Å²) in [6.07, 6.45) is 7.37. The number of hydrogen-bond acceptors (Lipinski definition) is 1. The zero-order valence-corrected chi connectivity index (χ0v) is 14.5. The Hall–Kier alpha value is -1.41. The number of ketones is 1. The molecule has 2 atom stereocenters. The van der Waals surface area contributed by atoms with Crippen LogP contribution in [0.25, 0.3) is 6.08 Å². The molecule has 0 amide bonds. The Bertz CT molecular complexity index is 618. The van der Waals surface area contributed by atoms with Gasteiger partial charge in [-0.2, -0.15) is 0 Å². The van der Waals surface area contributed by atoms with E-state index in [4.69, 9.17) is 0 Å². The van der Waals surface area contributed by atoms with Crippen LogP contribution in [0.4, 0.5) is 5.69 Å². The zero-order valence-electron chi connectivity index (χ0n) is 14.5. The highest BCUT2D eigenvalue weighted by molar-refractivity contribution is 5.92. The third kappa shape index (κ3) is 2.16. The maximum Gasteiger partial charge on any atom is 0.143 e. The van der Waals surface area contributed by atoms with Crippen LogP contribution in [0.1, 0.15) is 38.7 Å². The van der Waals surface area contributed by atoms with Crippen LogP contribution in [0.2, 0.25) is 0 Å². The van der Waals surface area contributed by atoms with Gasteiger partial charge in [0.05, 0.1) is 26.6 Å². The van der Waals surface area contributed by atoms with Gasteiger partial charge in [0.2, 0.25) is 0 Å². The number of benzene rings is 1. The van der Waals surface area contributed by atoms with Crippen molar-refractivity contribution >= 4 is 17.5 Å². The number of allylic oxidation sites excluding steroid dienone is 1. The topological polar surface area (TPSA) is 17.1 Å². The van der Waals surface area contributed by atoms with Crippen molar-refractivity contribution in [3.8, 4) is 0 Å². The van der Waals surface area contributed by atoms with E-state index < -0.39 is 0 Å². The van der Waals surface area contributed by atoms with Gasteiger partial charge in [-0.1, -0.05) is 26.0 Å². The van der Waals surface area contributed by atoms with Crippen LogP contribution in [0.5, 0.6) is 0 Å². The first-order valence-corrected chi connectivity index (χ1v) is 8.31. The van der Waals surface area contributed by atoms with Crippen LogP contribution in [-0.4, -0.2) is 26.9 Å². The van der Waals surface area contributed by atoms with Crippen molar-refractivity contribution in [1.29, 1.82) is 0 Å². The predicted octanol–water partition coefficient (Wildman–Crippen LogP) is 4.29. The van der Waals surface area contributed by atoms with Gasteiger partial charge in [0.1, 0.15) is 11.5 Å². The molecule has 1 aromatic rings. The molecule has 2 saturated carbocycles. The molecular weight excluding hydrogens is 270 g/mol. The third-order valence-corrected chi connectivity index (χ3v) is 6.21. The molecule has 0 spiro atoms. The number of hydrogen-bond donors (Lipinski definition) is 0. The lowest BCUT2D eigenvalue weighted by Gasteiger charge is -2.33. The average molecular weight is 298 g/mol. The van der Waals surface area contributed by atoms with Crippen molar-refractivity contribution in [3.63, 3.8) is 0 Å². The van der Waals surface area contributed by atoms with Gasteiger partial charge in [0.15, 0.2) is 0 Å². The minimum Gasteiger partial charge on any atom is -0.299 e. The summed E-state index contributed by atoms with van der Waals surface area (Å²) in [5.41, 5.74) is 2.36. The summed E-state index contributed by atoms with van der Waals surface area (Å²) in [6.45, 7) is 4.56. The molecule has 0 saturated heterocycles. The van der Waals surface area contributed by atoms with Gasteiger partial charge in [-0.05, 0) is 54.0 Å². The van der Waals surface area contributed by atoms with Gasteiger partial charge in [0, 0.05) is 6.42 Å². The number of carbonyl (C=O) groups excluding carboxylic acids is 1. The summed E-state index contributed by atoms with van der Waals surface area (Å²) in [6, 6.07) is 8.67. The van der Waals surface area contributed by atoms with Gasteiger partial charge < -0.3 is 0 Å². The van der Waals surface area contributed by atoms with E-state index in [1.54, 1.807) is 0 Å². The highest BCUT2D eigenvalue weighted by atomic mass is 16.1. The Kier molecular flexibility index (Phi) is 3.37. The first kappa shape index (κ1) is 15.5. The van der Waals surface area contributed by atoms with E-state index in [0.717, 1.165) is 17.3 Å². The van der Waals surface area contributed by atoms with Gasteiger partial charge in [-0.15, -0.1) is 0 Å². The lowest BCUT2D eigenvalue weighted by atomic mass is 9.68. The second kappa shape index (κ2) is 4.79.